The van der Waals surface area contributed by atoms with E-state index >= 15 is 0 Å². The number of carbonyl (C=O) groups excluding carboxylic acids is 1. The maximum atomic E-state index is 12.1. The predicted octanol–water partition coefficient (Wildman–Crippen LogP) is 0.945. The van der Waals surface area contributed by atoms with Crippen LogP contribution in [-0.2, 0) is 0 Å². The van der Waals surface area contributed by atoms with E-state index < -0.39 is 18.6 Å². The Morgan fingerprint density at radius 1 is 1.43 bits per heavy atom. The molecule has 1 aromatic rings. The number of halogens is 3. The fraction of sp³-hybridized carbons (Fsp3) is 0.636. The second-order valence-electron chi connectivity index (χ2n) is 4.83. The summed E-state index contributed by atoms with van der Waals surface area (Å²) in [5.41, 5.74) is 11.4. The van der Waals surface area contributed by atoms with Crippen molar-refractivity contribution in [2.75, 3.05) is 30.3 Å². The Labute approximate surface area is 123 Å². The number of anilines is 2. The molecule has 0 bridgehead atoms. The summed E-state index contributed by atoms with van der Waals surface area (Å²) < 4.78 is 36.3. The molecule has 10 heteroatoms. The van der Waals surface area contributed by atoms with Crippen molar-refractivity contribution in [1.29, 1.82) is 0 Å². The number of nitrogens with one attached hydrogen (secondary N) is 1. The number of carbonyl (C=O) groups is 1. The molecule has 1 aliphatic rings. The van der Waals surface area contributed by atoms with Crippen LogP contribution >= 0.6 is 11.3 Å². The quantitative estimate of drug-likeness (QED) is 0.769. The van der Waals surface area contributed by atoms with Gasteiger partial charge in [-0.25, -0.2) is 4.98 Å². The fourth-order valence-corrected chi connectivity index (χ4v) is 2.92. The average molecular weight is 323 g/mol. The topological polar surface area (TPSA) is 97.3 Å². The van der Waals surface area contributed by atoms with E-state index in [0.29, 0.717) is 18.2 Å². The number of aromatic nitrogens is 1. The van der Waals surface area contributed by atoms with Gasteiger partial charge in [-0.05, 0) is 12.8 Å². The number of piperidine rings is 1. The Morgan fingerprint density at radius 2 is 2.05 bits per heavy atom. The van der Waals surface area contributed by atoms with Gasteiger partial charge in [0.05, 0.1) is 0 Å². The van der Waals surface area contributed by atoms with Gasteiger partial charge in [0.15, 0.2) is 5.13 Å². The minimum Gasteiger partial charge on any atom is -0.382 e. The molecule has 1 aliphatic heterocycles. The molecular weight excluding hydrogens is 307 g/mol. The van der Waals surface area contributed by atoms with Crippen molar-refractivity contribution in [3.8, 4) is 0 Å². The smallest absolute Gasteiger partial charge is 0.382 e. The number of hydrogen-bond acceptors (Lipinski definition) is 6. The number of rotatable bonds is 3. The van der Waals surface area contributed by atoms with Gasteiger partial charge < -0.3 is 21.7 Å². The predicted molar refractivity (Wildman–Crippen MR) is 74.3 cm³/mol. The lowest BCUT2D eigenvalue weighted by Gasteiger charge is -2.29. The number of nitrogens with zero attached hydrogens (tertiary/aromatic N) is 2. The number of amides is 1. The van der Waals surface area contributed by atoms with Gasteiger partial charge in [-0.2, -0.15) is 13.2 Å². The van der Waals surface area contributed by atoms with Crippen LogP contribution in [0.15, 0.2) is 0 Å². The summed E-state index contributed by atoms with van der Waals surface area (Å²) in [6.45, 7) is -0.00741. The van der Waals surface area contributed by atoms with E-state index in [-0.39, 0.29) is 16.7 Å². The van der Waals surface area contributed by atoms with Crippen molar-refractivity contribution in [2.24, 2.45) is 5.73 Å². The van der Waals surface area contributed by atoms with E-state index in [0.717, 1.165) is 24.2 Å². The van der Waals surface area contributed by atoms with Gasteiger partial charge in [-0.1, -0.05) is 11.3 Å². The Kier molecular flexibility index (Phi) is 4.57. The van der Waals surface area contributed by atoms with E-state index in [1.54, 1.807) is 5.32 Å². The van der Waals surface area contributed by atoms with E-state index in [1.807, 2.05) is 4.90 Å². The molecule has 0 radical (unpaired) electrons. The van der Waals surface area contributed by atoms with Crippen molar-refractivity contribution in [2.45, 2.75) is 25.1 Å². The molecule has 1 saturated heterocycles. The molecule has 118 valence electrons. The summed E-state index contributed by atoms with van der Waals surface area (Å²) in [4.78, 5) is 17.7. The van der Waals surface area contributed by atoms with Crippen molar-refractivity contribution < 1.29 is 18.0 Å². The number of nitrogen functional groups attached to an aromatic ring is 1. The Hall–Kier alpha value is -1.55. The van der Waals surface area contributed by atoms with Gasteiger partial charge in [0.2, 0.25) is 0 Å². The molecular formula is C11H16F3N5OS. The van der Waals surface area contributed by atoms with Gasteiger partial charge in [0, 0.05) is 19.1 Å². The van der Waals surface area contributed by atoms with E-state index in [4.69, 9.17) is 11.5 Å². The summed E-state index contributed by atoms with van der Waals surface area (Å²) in [7, 11) is 0. The second kappa shape index (κ2) is 6.06. The summed E-state index contributed by atoms with van der Waals surface area (Å²) in [5.74, 6) is -0.910. The van der Waals surface area contributed by atoms with Crippen LogP contribution in [0.2, 0.25) is 0 Å². The van der Waals surface area contributed by atoms with Crippen molar-refractivity contribution >= 4 is 28.2 Å². The van der Waals surface area contributed by atoms with Crippen molar-refractivity contribution in [3.05, 3.63) is 4.88 Å². The van der Waals surface area contributed by atoms with Crippen LogP contribution in [0.25, 0.3) is 0 Å². The van der Waals surface area contributed by atoms with E-state index in [1.165, 1.54) is 0 Å². The maximum absolute atomic E-state index is 12.1. The van der Waals surface area contributed by atoms with Crippen LogP contribution in [0, 0.1) is 0 Å². The summed E-state index contributed by atoms with van der Waals surface area (Å²) >= 11 is 0.996. The monoisotopic (exact) mass is 323 g/mol. The van der Waals surface area contributed by atoms with Crippen LogP contribution in [0.1, 0.15) is 22.5 Å². The highest BCUT2D eigenvalue weighted by atomic mass is 32.1. The van der Waals surface area contributed by atoms with Crippen molar-refractivity contribution in [3.63, 3.8) is 0 Å². The van der Waals surface area contributed by atoms with Gasteiger partial charge in [-0.15, -0.1) is 0 Å². The minimum atomic E-state index is -4.46. The summed E-state index contributed by atoms with van der Waals surface area (Å²) in [6.07, 6.45) is -2.86. The lowest BCUT2D eigenvalue weighted by molar-refractivity contribution is -0.123. The first-order chi connectivity index (χ1) is 9.76. The van der Waals surface area contributed by atoms with Gasteiger partial charge in [0.25, 0.3) is 5.91 Å². The SMILES string of the molecule is Nc1nc(N2CCC(N)CC2)sc1C(=O)NCC(F)(F)F. The van der Waals surface area contributed by atoms with Crippen molar-refractivity contribution in [1.82, 2.24) is 10.3 Å². The first-order valence-electron chi connectivity index (χ1n) is 6.38. The Bertz CT molecular complexity index is 510. The number of hydrogen-bond donors (Lipinski definition) is 3. The maximum Gasteiger partial charge on any atom is 0.405 e. The molecule has 0 saturated carbocycles. The molecule has 1 fully saturated rings. The molecule has 0 spiro atoms. The number of nitrogens with two attached hydrogens (primary N) is 2. The largest absolute Gasteiger partial charge is 0.405 e. The average Bonchev–Trinajstić information content (AvgIpc) is 2.78. The second-order valence-corrected chi connectivity index (χ2v) is 5.81. The summed E-state index contributed by atoms with van der Waals surface area (Å²) in [6, 6.07) is 0.146. The Morgan fingerprint density at radius 3 is 2.62 bits per heavy atom. The molecule has 5 N–H and O–H groups in total. The zero-order valence-corrected chi connectivity index (χ0v) is 11.9. The molecule has 0 aromatic carbocycles. The van der Waals surface area contributed by atoms with Gasteiger partial charge in [0.1, 0.15) is 17.2 Å². The van der Waals surface area contributed by atoms with Crippen LogP contribution in [0.4, 0.5) is 24.1 Å². The standard InChI is InChI=1S/C11H16F3N5OS/c12-11(13,14)5-17-9(20)7-8(16)18-10(21-7)19-3-1-6(15)2-4-19/h6H,1-5,15-16H2,(H,17,20). The fourth-order valence-electron chi connectivity index (χ4n) is 1.97. The zero-order chi connectivity index (χ0) is 15.6. The third-order valence-corrected chi connectivity index (χ3v) is 4.24. The first kappa shape index (κ1) is 15.8. The lowest BCUT2D eigenvalue weighted by atomic mass is 10.1. The van der Waals surface area contributed by atoms with Crippen LogP contribution < -0.4 is 21.7 Å². The van der Waals surface area contributed by atoms with Gasteiger partial charge >= 0.3 is 6.18 Å². The Balaban J connectivity index is 2.03. The van der Waals surface area contributed by atoms with Crippen LogP contribution in [0.5, 0.6) is 0 Å². The highest BCUT2D eigenvalue weighted by molar-refractivity contribution is 7.18. The third-order valence-electron chi connectivity index (χ3n) is 3.11. The minimum absolute atomic E-state index is 0.00382. The molecule has 1 amide bonds. The molecule has 0 atom stereocenters. The molecule has 0 unspecified atom stereocenters. The molecule has 21 heavy (non-hydrogen) atoms. The third kappa shape index (κ3) is 4.21. The normalized spacial score (nSPS) is 17.0. The lowest BCUT2D eigenvalue weighted by Crippen LogP contribution is -2.39. The molecule has 6 nitrogen and oxygen atoms in total. The molecule has 2 heterocycles. The first-order valence-corrected chi connectivity index (χ1v) is 7.19. The molecule has 2 rings (SSSR count). The zero-order valence-electron chi connectivity index (χ0n) is 11.1. The number of alkyl halides is 3. The van der Waals surface area contributed by atoms with Gasteiger partial charge in [-0.3, -0.25) is 4.79 Å². The van der Waals surface area contributed by atoms with Crippen LogP contribution in [0.3, 0.4) is 0 Å². The highest BCUT2D eigenvalue weighted by Gasteiger charge is 2.29. The molecule has 0 aliphatic carbocycles. The van der Waals surface area contributed by atoms with E-state index in [9.17, 15) is 18.0 Å². The summed E-state index contributed by atoms with van der Waals surface area (Å²) in [5, 5.41) is 2.33. The highest BCUT2D eigenvalue weighted by Crippen LogP contribution is 2.30. The number of thiazole rings is 1. The van der Waals surface area contributed by atoms with E-state index in [2.05, 4.69) is 4.98 Å². The van der Waals surface area contributed by atoms with Crippen LogP contribution in [-0.4, -0.2) is 42.7 Å². The molecule has 1 aromatic heterocycles.